The molecule has 6 heavy (non-hydrogen) atoms. The molecule has 3 heteroatoms. The van der Waals surface area contributed by atoms with Crippen molar-refractivity contribution in [1.82, 2.24) is 5.32 Å². The summed E-state index contributed by atoms with van der Waals surface area (Å²) in [6.45, 7) is 0.471. The fourth-order valence-corrected chi connectivity index (χ4v) is 0.266. The highest BCUT2D eigenvalue weighted by atomic mass is 16.2. The number of nitrogens with one attached hydrogen (secondary N) is 1. The van der Waals surface area contributed by atoms with E-state index in [1.165, 1.54) is 0 Å². The van der Waals surface area contributed by atoms with E-state index in [2.05, 4.69) is 16.5 Å². The maximum atomic E-state index is 9.90. The Labute approximate surface area is 35.1 Å². The topological polar surface area (TPSA) is 41.5 Å². The lowest BCUT2D eigenvalue weighted by atomic mass is 10.8. The second-order valence-corrected chi connectivity index (χ2v) is 0.929. The number of rotatable bonds is 0. The number of urea groups is 1. The van der Waals surface area contributed by atoms with E-state index in [0.717, 1.165) is 0 Å². The van der Waals surface area contributed by atoms with Gasteiger partial charge in [-0.3, -0.25) is 0 Å². The monoisotopic (exact) mass is 83.0 g/mol. The van der Waals surface area contributed by atoms with Crippen LogP contribution in [-0.4, -0.2) is 18.8 Å². The Morgan fingerprint density at radius 2 is 2.83 bits per heavy atom. The molecule has 2 amide bonds. The molecule has 0 aromatic rings. The number of nitrogens with zero attached hydrogens (tertiary/aromatic N) is 1. The van der Waals surface area contributed by atoms with Crippen LogP contribution in [0.15, 0.2) is 4.99 Å². The third kappa shape index (κ3) is 0.381. The molecule has 0 aromatic carbocycles. The van der Waals surface area contributed by atoms with Gasteiger partial charge in [-0.05, 0) is 0 Å². The van der Waals surface area contributed by atoms with Gasteiger partial charge in [0.05, 0.1) is 12.8 Å². The van der Waals surface area contributed by atoms with Gasteiger partial charge in [0.25, 0.3) is 0 Å². The van der Waals surface area contributed by atoms with Crippen LogP contribution in [0, 0.1) is 0 Å². The van der Waals surface area contributed by atoms with Crippen molar-refractivity contribution < 1.29 is 4.79 Å². The molecule has 31 valence electrons. The largest absolute Gasteiger partial charge is 0.341 e. The van der Waals surface area contributed by atoms with Crippen molar-refractivity contribution in [3.63, 3.8) is 0 Å². The summed E-state index contributed by atoms with van der Waals surface area (Å²) in [5, 5.41) is 2.40. The second-order valence-electron chi connectivity index (χ2n) is 0.929. The highest BCUT2D eigenvalue weighted by molar-refractivity contribution is 5.90. The predicted molar refractivity (Wildman–Crippen MR) is 20.8 cm³/mol. The average molecular weight is 83.1 g/mol. The Balaban J connectivity index is 2.59. The molecule has 0 atom stereocenters. The van der Waals surface area contributed by atoms with Gasteiger partial charge in [0.15, 0.2) is 0 Å². The zero-order valence-electron chi connectivity index (χ0n) is 3.06. The molecular weight excluding hydrogens is 80.0 g/mol. The van der Waals surface area contributed by atoms with Crippen LogP contribution in [-0.2, 0) is 0 Å². The van der Waals surface area contributed by atoms with E-state index in [4.69, 9.17) is 0 Å². The summed E-state index contributed by atoms with van der Waals surface area (Å²) in [4.78, 5) is 13.1. The van der Waals surface area contributed by atoms with Crippen molar-refractivity contribution in [2.24, 2.45) is 4.99 Å². The summed E-state index contributed by atoms with van der Waals surface area (Å²) in [6, 6.07) is -0.282. The van der Waals surface area contributed by atoms with Gasteiger partial charge in [0, 0.05) is 0 Å². The minimum Gasteiger partial charge on any atom is -0.330 e. The lowest BCUT2D eigenvalue weighted by Gasteiger charge is -1.77. The molecule has 0 unspecified atom stereocenters. The van der Waals surface area contributed by atoms with E-state index >= 15 is 0 Å². The van der Waals surface area contributed by atoms with Crippen molar-refractivity contribution in [1.29, 1.82) is 0 Å². The maximum absolute atomic E-state index is 9.90. The average Bonchev–Trinajstić information content (AvgIpc) is 1.86. The molecule has 1 radical (unpaired) electrons. The summed E-state index contributed by atoms with van der Waals surface area (Å²) in [7, 11) is 0. The Morgan fingerprint density at radius 3 is 3.00 bits per heavy atom. The van der Waals surface area contributed by atoms with Crippen molar-refractivity contribution >= 4 is 12.2 Å². The third-order valence-corrected chi connectivity index (χ3v) is 0.499. The smallest absolute Gasteiger partial charge is 0.330 e. The summed E-state index contributed by atoms with van der Waals surface area (Å²) in [6.07, 6.45) is 2.44. The van der Waals surface area contributed by atoms with Crippen molar-refractivity contribution in [3.8, 4) is 0 Å². The zero-order chi connectivity index (χ0) is 4.41. The van der Waals surface area contributed by atoms with E-state index in [9.17, 15) is 4.79 Å². The second kappa shape index (κ2) is 1.08. The molecule has 0 saturated carbocycles. The van der Waals surface area contributed by atoms with Crippen LogP contribution in [0.5, 0.6) is 0 Å². The molecule has 0 fully saturated rings. The molecule has 1 heterocycles. The van der Waals surface area contributed by atoms with Gasteiger partial charge < -0.3 is 5.32 Å². The molecule has 0 aromatic heterocycles. The summed E-state index contributed by atoms with van der Waals surface area (Å²) >= 11 is 0. The van der Waals surface area contributed by atoms with Gasteiger partial charge in [0.1, 0.15) is 0 Å². The van der Waals surface area contributed by atoms with E-state index in [0.29, 0.717) is 6.54 Å². The van der Waals surface area contributed by atoms with Crippen LogP contribution in [0.2, 0.25) is 0 Å². The molecule has 1 aliphatic heterocycles. The van der Waals surface area contributed by atoms with E-state index in [1.54, 1.807) is 0 Å². The van der Waals surface area contributed by atoms with Crippen LogP contribution in [0.4, 0.5) is 4.79 Å². The standard InChI is InChI=1S/C3H3N2O/c6-3-4-1-2-5-3/h1H2,(H,4,6). The van der Waals surface area contributed by atoms with Crippen LogP contribution in [0.3, 0.4) is 0 Å². The van der Waals surface area contributed by atoms with E-state index in [-0.39, 0.29) is 6.03 Å². The molecule has 0 bridgehead atoms. The predicted octanol–water partition coefficient (Wildman–Crippen LogP) is -0.343. The summed E-state index contributed by atoms with van der Waals surface area (Å²) in [5.41, 5.74) is 0. The number of hydrogen-bond acceptors (Lipinski definition) is 1. The van der Waals surface area contributed by atoms with Crippen molar-refractivity contribution in [2.45, 2.75) is 0 Å². The quantitative estimate of drug-likeness (QED) is 0.427. The molecule has 0 aliphatic carbocycles. The van der Waals surface area contributed by atoms with Gasteiger partial charge in [-0.2, -0.15) is 4.99 Å². The van der Waals surface area contributed by atoms with Gasteiger partial charge in [-0.25, -0.2) is 4.79 Å². The first-order valence-electron chi connectivity index (χ1n) is 1.61. The Morgan fingerprint density at radius 1 is 2.00 bits per heavy atom. The van der Waals surface area contributed by atoms with E-state index < -0.39 is 0 Å². The Kier molecular flexibility index (Phi) is 0.602. The molecule has 0 spiro atoms. The highest BCUT2D eigenvalue weighted by Crippen LogP contribution is 1.75. The van der Waals surface area contributed by atoms with Crippen LogP contribution < -0.4 is 5.32 Å². The van der Waals surface area contributed by atoms with Crippen molar-refractivity contribution in [2.75, 3.05) is 6.54 Å². The molecule has 0 saturated heterocycles. The minimum absolute atomic E-state index is 0.282. The number of amides is 2. The first-order valence-corrected chi connectivity index (χ1v) is 1.61. The zero-order valence-corrected chi connectivity index (χ0v) is 3.06. The van der Waals surface area contributed by atoms with Gasteiger partial charge in [-0.15, -0.1) is 0 Å². The Bertz CT molecular complexity index is 97.0. The maximum Gasteiger partial charge on any atom is 0.341 e. The number of aliphatic imine (C=N–C) groups is 1. The van der Waals surface area contributed by atoms with Gasteiger partial charge in [-0.1, -0.05) is 0 Å². The summed E-state index contributed by atoms with van der Waals surface area (Å²) < 4.78 is 0. The SMILES string of the molecule is O=C1N=[C]CN1. The number of carbonyl (C=O) groups excluding carboxylic acids is 1. The first kappa shape index (κ1) is 3.33. The van der Waals surface area contributed by atoms with Crippen LogP contribution >= 0.6 is 0 Å². The van der Waals surface area contributed by atoms with Gasteiger partial charge in [0.2, 0.25) is 0 Å². The molecule has 1 rings (SSSR count). The first-order chi connectivity index (χ1) is 2.89. The number of carbonyl (C=O) groups is 1. The van der Waals surface area contributed by atoms with Crippen LogP contribution in [0.1, 0.15) is 0 Å². The van der Waals surface area contributed by atoms with Crippen LogP contribution in [0.25, 0.3) is 0 Å². The molecular formula is C3H3N2O. The highest BCUT2D eigenvalue weighted by Gasteiger charge is 1.98. The fourth-order valence-electron chi connectivity index (χ4n) is 0.266. The normalized spacial score (nSPS) is 18.3. The minimum atomic E-state index is -0.282. The molecule has 1 N–H and O–H groups in total. The Hall–Kier alpha value is -0.860. The molecule has 1 aliphatic rings. The number of hydrogen-bond donors (Lipinski definition) is 1. The van der Waals surface area contributed by atoms with Crippen molar-refractivity contribution in [3.05, 3.63) is 0 Å². The fraction of sp³-hybridized carbons (Fsp3) is 0.333. The van der Waals surface area contributed by atoms with E-state index in [1.807, 2.05) is 0 Å². The van der Waals surface area contributed by atoms with Gasteiger partial charge >= 0.3 is 6.03 Å². The lowest BCUT2D eigenvalue weighted by molar-refractivity contribution is 0.252. The lowest BCUT2D eigenvalue weighted by Crippen LogP contribution is -2.12. The summed E-state index contributed by atoms with van der Waals surface area (Å²) in [5.74, 6) is 0. The third-order valence-electron chi connectivity index (χ3n) is 0.499. The molecule has 3 nitrogen and oxygen atoms in total.